The molecule has 5 heteroatoms. The summed E-state index contributed by atoms with van der Waals surface area (Å²) in [6, 6.07) is 5.96. The highest BCUT2D eigenvalue weighted by atomic mass is 16.1. The Morgan fingerprint density at radius 2 is 2.50 bits per heavy atom. The quantitative estimate of drug-likeness (QED) is 0.721. The van der Waals surface area contributed by atoms with Crippen LogP contribution in [-0.4, -0.2) is 42.0 Å². The number of primary amides is 1. The van der Waals surface area contributed by atoms with E-state index in [0.717, 1.165) is 25.3 Å². The van der Waals surface area contributed by atoms with E-state index >= 15 is 0 Å². The first-order valence-electron chi connectivity index (χ1n) is 5.41. The third-order valence-corrected chi connectivity index (χ3v) is 2.74. The van der Waals surface area contributed by atoms with Gasteiger partial charge in [-0.05, 0) is 12.1 Å². The molecule has 1 unspecified atom stereocenters. The molecule has 3 N–H and O–H groups in total. The van der Waals surface area contributed by atoms with Crippen LogP contribution in [-0.2, 0) is 4.79 Å². The lowest BCUT2D eigenvalue weighted by Gasteiger charge is -2.34. The molecule has 0 spiro atoms. The summed E-state index contributed by atoms with van der Waals surface area (Å²) in [4.78, 5) is 17.4. The molecule has 2 heterocycles. The summed E-state index contributed by atoms with van der Waals surface area (Å²) < 4.78 is 0. The Labute approximate surface area is 94.6 Å². The molecule has 0 aromatic carbocycles. The van der Waals surface area contributed by atoms with Gasteiger partial charge in [0.1, 0.15) is 0 Å². The number of hydrogen-bond acceptors (Lipinski definition) is 4. The Morgan fingerprint density at radius 1 is 1.62 bits per heavy atom. The number of carbonyl (C=O) groups is 1. The summed E-state index contributed by atoms with van der Waals surface area (Å²) in [6.07, 6.45) is 1.77. The highest BCUT2D eigenvalue weighted by Crippen LogP contribution is 2.19. The van der Waals surface area contributed by atoms with Gasteiger partial charge in [-0.15, -0.1) is 0 Å². The topological polar surface area (TPSA) is 71.2 Å². The van der Waals surface area contributed by atoms with E-state index in [1.807, 2.05) is 18.2 Å². The van der Waals surface area contributed by atoms with E-state index in [-0.39, 0.29) is 11.9 Å². The normalized spacial score (nSPS) is 21.9. The Kier molecular flexibility index (Phi) is 3.48. The van der Waals surface area contributed by atoms with Gasteiger partial charge < -0.3 is 11.1 Å². The van der Waals surface area contributed by atoms with Crippen LogP contribution in [0.1, 0.15) is 11.7 Å². The SMILES string of the molecule is NC(=O)CN1CCNCC1c1ccccn1. The number of amides is 1. The van der Waals surface area contributed by atoms with Gasteiger partial charge in [-0.1, -0.05) is 6.07 Å². The second-order valence-electron chi connectivity index (χ2n) is 3.91. The molecule has 1 fully saturated rings. The third kappa shape index (κ3) is 2.56. The number of pyridine rings is 1. The van der Waals surface area contributed by atoms with Gasteiger partial charge in [0.05, 0.1) is 18.3 Å². The van der Waals surface area contributed by atoms with Gasteiger partial charge in [0.2, 0.25) is 5.91 Å². The number of carbonyl (C=O) groups excluding carboxylic acids is 1. The molecule has 1 aromatic heterocycles. The fourth-order valence-corrected chi connectivity index (χ4v) is 2.00. The Hall–Kier alpha value is -1.46. The molecule has 0 radical (unpaired) electrons. The first-order chi connectivity index (χ1) is 7.77. The first-order valence-corrected chi connectivity index (χ1v) is 5.41. The number of nitrogens with two attached hydrogens (primary N) is 1. The average molecular weight is 220 g/mol. The van der Waals surface area contributed by atoms with Crippen LogP contribution in [0.25, 0.3) is 0 Å². The maximum atomic E-state index is 11.0. The average Bonchev–Trinajstić information content (AvgIpc) is 2.30. The van der Waals surface area contributed by atoms with Crippen molar-refractivity contribution in [1.29, 1.82) is 0 Å². The van der Waals surface area contributed by atoms with E-state index in [0.29, 0.717) is 6.54 Å². The second-order valence-corrected chi connectivity index (χ2v) is 3.91. The summed E-state index contributed by atoms with van der Waals surface area (Å²) in [6.45, 7) is 2.81. The summed E-state index contributed by atoms with van der Waals surface area (Å²) in [5.41, 5.74) is 6.22. The van der Waals surface area contributed by atoms with Crippen LogP contribution in [0, 0.1) is 0 Å². The van der Waals surface area contributed by atoms with Crippen LogP contribution in [0.2, 0.25) is 0 Å². The Bertz CT molecular complexity index is 354. The van der Waals surface area contributed by atoms with Gasteiger partial charge >= 0.3 is 0 Å². The minimum Gasteiger partial charge on any atom is -0.369 e. The highest BCUT2D eigenvalue weighted by Gasteiger charge is 2.25. The monoisotopic (exact) mass is 220 g/mol. The third-order valence-electron chi connectivity index (χ3n) is 2.74. The molecule has 1 amide bonds. The molecular weight excluding hydrogens is 204 g/mol. The van der Waals surface area contributed by atoms with Crippen LogP contribution < -0.4 is 11.1 Å². The molecule has 1 saturated heterocycles. The molecule has 1 aromatic rings. The van der Waals surface area contributed by atoms with E-state index in [2.05, 4.69) is 15.2 Å². The van der Waals surface area contributed by atoms with Gasteiger partial charge in [-0.25, -0.2) is 0 Å². The van der Waals surface area contributed by atoms with Crippen molar-refractivity contribution in [3.05, 3.63) is 30.1 Å². The summed E-state index contributed by atoms with van der Waals surface area (Å²) >= 11 is 0. The maximum Gasteiger partial charge on any atom is 0.231 e. The number of nitrogens with one attached hydrogen (secondary N) is 1. The highest BCUT2D eigenvalue weighted by molar-refractivity contribution is 5.76. The second kappa shape index (κ2) is 5.05. The number of piperazine rings is 1. The van der Waals surface area contributed by atoms with Gasteiger partial charge in [-0.2, -0.15) is 0 Å². The molecule has 0 saturated carbocycles. The van der Waals surface area contributed by atoms with Crippen molar-refractivity contribution in [2.24, 2.45) is 5.73 Å². The predicted molar refractivity (Wildman–Crippen MR) is 60.6 cm³/mol. The van der Waals surface area contributed by atoms with Gasteiger partial charge in [-0.3, -0.25) is 14.7 Å². The lowest BCUT2D eigenvalue weighted by molar-refractivity contribution is -0.119. The van der Waals surface area contributed by atoms with Crippen LogP contribution >= 0.6 is 0 Å². The number of rotatable bonds is 3. The Morgan fingerprint density at radius 3 is 3.19 bits per heavy atom. The molecule has 1 aliphatic rings. The van der Waals surface area contributed by atoms with Crippen LogP contribution in [0.4, 0.5) is 0 Å². The van der Waals surface area contributed by atoms with Crippen molar-refractivity contribution in [2.45, 2.75) is 6.04 Å². The molecule has 1 atom stereocenters. The van der Waals surface area contributed by atoms with Crippen LogP contribution in [0.5, 0.6) is 0 Å². The van der Waals surface area contributed by atoms with Crippen molar-refractivity contribution in [2.75, 3.05) is 26.2 Å². The minimum atomic E-state index is -0.289. The number of hydrogen-bond donors (Lipinski definition) is 2. The molecule has 86 valence electrons. The smallest absolute Gasteiger partial charge is 0.231 e. The molecule has 16 heavy (non-hydrogen) atoms. The zero-order chi connectivity index (χ0) is 11.4. The lowest BCUT2D eigenvalue weighted by atomic mass is 10.1. The van der Waals surface area contributed by atoms with Gasteiger partial charge in [0, 0.05) is 25.8 Å². The molecular formula is C11H16N4O. The summed E-state index contributed by atoms with van der Waals surface area (Å²) in [7, 11) is 0. The van der Waals surface area contributed by atoms with Gasteiger partial charge in [0.15, 0.2) is 0 Å². The first kappa shape index (κ1) is 11.0. The fourth-order valence-electron chi connectivity index (χ4n) is 2.00. The molecule has 0 aliphatic carbocycles. The van der Waals surface area contributed by atoms with Crippen LogP contribution in [0.3, 0.4) is 0 Å². The van der Waals surface area contributed by atoms with Crippen molar-refractivity contribution < 1.29 is 4.79 Å². The van der Waals surface area contributed by atoms with Crippen molar-refractivity contribution in [3.63, 3.8) is 0 Å². The van der Waals surface area contributed by atoms with Crippen molar-refractivity contribution >= 4 is 5.91 Å². The largest absolute Gasteiger partial charge is 0.369 e. The van der Waals surface area contributed by atoms with Crippen molar-refractivity contribution in [3.8, 4) is 0 Å². The molecule has 2 rings (SSSR count). The summed E-state index contributed by atoms with van der Waals surface area (Å²) in [5, 5.41) is 3.30. The van der Waals surface area contributed by atoms with Gasteiger partial charge in [0.25, 0.3) is 0 Å². The zero-order valence-electron chi connectivity index (χ0n) is 9.10. The van der Waals surface area contributed by atoms with Crippen molar-refractivity contribution in [1.82, 2.24) is 15.2 Å². The van der Waals surface area contributed by atoms with E-state index in [9.17, 15) is 4.79 Å². The molecule has 5 nitrogen and oxygen atoms in total. The molecule has 0 bridgehead atoms. The van der Waals surface area contributed by atoms with E-state index in [1.165, 1.54) is 0 Å². The number of nitrogens with zero attached hydrogens (tertiary/aromatic N) is 2. The van der Waals surface area contributed by atoms with Crippen LogP contribution in [0.15, 0.2) is 24.4 Å². The van der Waals surface area contributed by atoms with E-state index in [1.54, 1.807) is 6.20 Å². The fraction of sp³-hybridized carbons (Fsp3) is 0.455. The summed E-state index contributed by atoms with van der Waals surface area (Å²) in [5.74, 6) is -0.289. The minimum absolute atomic E-state index is 0.141. The lowest BCUT2D eigenvalue weighted by Crippen LogP contribution is -2.49. The standard InChI is InChI=1S/C11H16N4O/c12-11(16)8-15-6-5-13-7-10(15)9-3-1-2-4-14-9/h1-4,10,13H,5-8H2,(H2,12,16). The van der Waals surface area contributed by atoms with E-state index < -0.39 is 0 Å². The Balaban J connectivity index is 2.13. The predicted octanol–water partition coefficient (Wildman–Crippen LogP) is -0.487. The van der Waals surface area contributed by atoms with E-state index in [4.69, 9.17) is 5.73 Å². The molecule has 1 aliphatic heterocycles. The maximum absolute atomic E-state index is 11.0. The zero-order valence-corrected chi connectivity index (χ0v) is 9.10. The number of aromatic nitrogens is 1.